The zero-order valence-electron chi connectivity index (χ0n) is 28.3. The van der Waals surface area contributed by atoms with Crippen molar-refractivity contribution in [2.45, 2.75) is 95.9 Å². The Balaban J connectivity index is 1.34. The molecule has 0 saturated carbocycles. The molecule has 3 atom stereocenters. The van der Waals surface area contributed by atoms with Gasteiger partial charge in [0.1, 0.15) is 17.1 Å². The third-order valence-electron chi connectivity index (χ3n) is 9.66. The number of carbonyl (C=O) groups is 1. The van der Waals surface area contributed by atoms with E-state index < -0.39 is 11.7 Å². The van der Waals surface area contributed by atoms with E-state index in [1.54, 1.807) is 0 Å². The number of nitrogens with zero attached hydrogens (tertiary/aromatic N) is 5. The van der Waals surface area contributed by atoms with E-state index in [0.717, 1.165) is 117 Å². The van der Waals surface area contributed by atoms with Crippen LogP contribution in [-0.4, -0.2) is 65.4 Å². The molecule has 0 radical (unpaired) electrons. The Morgan fingerprint density at radius 1 is 1.00 bits per heavy atom. The van der Waals surface area contributed by atoms with Gasteiger partial charge in [-0.2, -0.15) is 10.4 Å². The third-order valence-corrected chi connectivity index (χ3v) is 9.66. The Morgan fingerprint density at radius 3 is 2.65 bits per heavy atom. The highest BCUT2D eigenvalue weighted by Crippen LogP contribution is 2.38. The molecule has 3 fully saturated rings. The van der Waals surface area contributed by atoms with Crippen LogP contribution in [0.25, 0.3) is 33.1 Å². The number of hydrogen-bond acceptors (Lipinski definition) is 8. The summed E-state index contributed by atoms with van der Waals surface area (Å²) >= 11 is 0. The summed E-state index contributed by atoms with van der Waals surface area (Å²) in [6.45, 7) is 9.29. The number of nitrogens with one attached hydrogen (secondary N) is 1. The van der Waals surface area contributed by atoms with Gasteiger partial charge in [0.15, 0.2) is 6.23 Å². The first-order chi connectivity index (χ1) is 23.3. The average Bonchev–Trinajstić information content (AvgIpc) is 3.32. The van der Waals surface area contributed by atoms with Crippen molar-refractivity contribution in [3.8, 4) is 17.5 Å². The zero-order valence-corrected chi connectivity index (χ0v) is 28.3. The van der Waals surface area contributed by atoms with Crippen molar-refractivity contribution in [2.24, 2.45) is 0 Å². The number of rotatable bonds is 5. The summed E-state index contributed by atoms with van der Waals surface area (Å²) in [5.74, 6) is 1.17. The second kappa shape index (κ2) is 13.7. The van der Waals surface area contributed by atoms with Crippen LogP contribution in [0.5, 0.6) is 0 Å². The maximum Gasteiger partial charge on any atom is 0.407 e. The fraction of sp³-hybridized carbons (Fsp3) is 0.526. The fourth-order valence-corrected chi connectivity index (χ4v) is 7.34. The average molecular weight is 651 g/mol. The Bertz CT molecular complexity index is 1830. The van der Waals surface area contributed by atoms with Gasteiger partial charge in [-0.25, -0.2) is 14.5 Å². The number of benzene rings is 2. The van der Waals surface area contributed by atoms with Gasteiger partial charge in [0.05, 0.1) is 29.5 Å². The fourth-order valence-electron chi connectivity index (χ4n) is 7.34. The van der Waals surface area contributed by atoms with Gasteiger partial charge in [0, 0.05) is 49.0 Å². The SMILES string of the molecule is CC(C)(C)OC(=O)N[C@H]1CCCCN(c2nc(-c3nn(C4CCCCO4)c4ccc(C5CCCOC5)cc34)cc3cc(C#N)ccc23)C1. The number of hydrogen-bond donors (Lipinski definition) is 1. The van der Waals surface area contributed by atoms with Crippen molar-refractivity contribution in [3.63, 3.8) is 0 Å². The molecule has 4 aromatic rings. The van der Waals surface area contributed by atoms with Crippen LogP contribution in [0.3, 0.4) is 0 Å². The number of aromatic nitrogens is 3. The molecule has 7 rings (SSSR count). The number of nitriles is 1. The standard InChI is InChI=1S/C38H46N6O4/c1-38(2,3)48-37(45)40-29-10-4-6-16-43(23-29)36-30-14-12-25(22-39)19-28(30)21-32(41-36)35-31-20-26(27-9-8-17-46-24-27)13-15-33(31)44(42-35)34-11-5-7-18-47-34/h12-15,19-21,27,29,34H,4-11,16-18,23-24H2,1-3H3,(H,40,45)/t27?,29-,34?/m0/s1. The zero-order chi connectivity index (χ0) is 33.3. The predicted octanol–water partition coefficient (Wildman–Crippen LogP) is 7.60. The highest BCUT2D eigenvalue weighted by molar-refractivity contribution is 5.99. The normalized spacial score (nSPS) is 22.3. The van der Waals surface area contributed by atoms with Crippen LogP contribution >= 0.6 is 0 Å². The van der Waals surface area contributed by atoms with Gasteiger partial charge in [0.2, 0.25) is 0 Å². The number of ether oxygens (including phenoxy) is 3. The van der Waals surface area contributed by atoms with Crippen LogP contribution in [0.2, 0.25) is 0 Å². The van der Waals surface area contributed by atoms with Gasteiger partial charge in [-0.1, -0.05) is 6.07 Å². The van der Waals surface area contributed by atoms with Crippen molar-refractivity contribution in [1.29, 1.82) is 5.26 Å². The van der Waals surface area contributed by atoms with Crippen LogP contribution < -0.4 is 10.2 Å². The lowest BCUT2D eigenvalue weighted by Gasteiger charge is -2.28. The molecule has 48 heavy (non-hydrogen) atoms. The highest BCUT2D eigenvalue weighted by Gasteiger charge is 2.28. The molecule has 0 aliphatic carbocycles. The largest absolute Gasteiger partial charge is 0.444 e. The summed E-state index contributed by atoms with van der Waals surface area (Å²) in [6.07, 6.45) is 7.51. The van der Waals surface area contributed by atoms with Crippen LogP contribution in [0.4, 0.5) is 10.6 Å². The van der Waals surface area contributed by atoms with E-state index >= 15 is 0 Å². The minimum Gasteiger partial charge on any atom is -0.444 e. The monoisotopic (exact) mass is 650 g/mol. The number of anilines is 1. The number of pyridine rings is 1. The van der Waals surface area contributed by atoms with Gasteiger partial charge in [-0.05, 0) is 119 Å². The van der Waals surface area contributed by atoms with Crippen LogP contribution in [0.1, 0.15) is 95.4 Å². The summed E-state index contributed by atoms with van der Waals surface area (Å²) < 4.78 is 19.8. The summed E-state index contributed by atoms with van der Waals surface area (Å²) in [5.41, 5.74) is 3.87. The minimum atomic E-state index is -0.572. The summed E-state index contributed by atoms with van der Waals surface area (Å²) in [4.78, 5) is 20.4. The van der Waals surface area contributed by atoms with E-state index in [2.05, 4.69) is 45.2 Å². The van der Waals surface area contributed by atoms with Crippen molar-refractivity contribution in [3.05, 3.63) is 53.6 Å². The van der Waals surface area contributed by atoms with E-state index in [1.165, 1.54) is 5.56 Å². The molecule has 2 unspecified atom stereocenters. The molecule has 10 nitrogen and oxygen atoms in total. The molecule has 2 aromatic carbocycles. The summed E-state index contributed by atoms with van der Waals surface area (Å²) in [7, 11) is 0. The van der Waals surface area contributed by atoms with Crippen molar-refractivity contribution >= 4 is 33.6 Å². The van der Waals surface area contributed by atoms with Crippen molar-refractivity contribution in [2.75, 3.05) is 37.8 Å². The van der Waals surface area contributed by atoms with Crippen molar-refractivity contribution < 1.29 is 19.0 Å². The van der Waals surface area contributed by atoms with Gasteiger partial charge in [0.25, 0.3) is 0 Å². The van der Waals surface area contributed by atoms with Crippen LogP contribution in [0, 0.1) is 11.3 Å². The molecule has 1 amide bonds. The highest BCUT2D eigenvalue weighted by atomic mass is 16.6. The van der Waals surface area contributed by atoms with Gasteiger partial charge in [-0.3, -0.25) is 0 Å². The molecule has 0 spiro atoms. The first-order valence-corrected chi connectivity index (χ1v) is 17.6. The molecule has 3 aliphatic heterocycles. The molecule has 252 valence electrons. The number of carbonyl (C=O) groups excluding carboxylic acids is 1. The van der Waals surface area contributed by atoms with Crippen LogP contribution in [0.15, 0.2) is 42.5 Å². The smallest absolute Gasteiger partial charge is 0.407 e. The van der Waals surface area contributed by atoms with Gasteiger partial charge < -0.3 is 24.4 Å². The lowest BCUT2D eigenvalue weighted by atomic mass is 9.92. The lowest BCUT2D eigenvalue weighted by Crippen LogP contribution is -2.45. The number of alkyl carbamates (subject to hydrolysis) is 1. The van der Waals surface area contributed by atoms with Crippen LogP contribution in [-0.2, 0) is 14.2 Å². The van der Waals surface area contributed by atoms with Gasteiger partial charge in [-0.15, -0.1) is 0 Å². The Kier molecular flexibility index (Phi) is 9.25. The molecular weight excluding hydrogens is 604 g/mol. The maximum atomic E-state index is 12.8. The third kappa shape index (κ3) is 6.99. The molecule has 5 heterocycles. The number of fused-ring (bicyclic) bond motifs is 2. The van der Waals surface area contributed by atoms with Gasteiger partial charge >= 0.3 is 6.09 Å². The van der Waals surface area contributed by atoms with E-state index in [9.17, 15) is 10.1 Å². The topological polar surface area (TPSA) is 115 Å². The minimum absolute atomic E-state index is 0.0926. The van der Waals surface area contributed by atoms with Crippen molar-refractivity contribution in [1.82, 2.24) is 20.1 Å². The molecule has 2 aromatic heterocycles. The van der Waals surface area contributed by atoms with E-state index in [4.69, 9.17) is 24.3 Å². The summed E-state index contributed by atoms with van der Waals surface area (Å²) in [5, 5.41) is 21.1. The maximum absolute atomic E-state index is 12.8. The predicted molar refractivity (Wildman–Crippen MR) is 186 cm³/mol. The Labute approximate surface area is 282 Å². The van der Waals surface area contributed by atoms with E-state index in [0.29, 0.717) is 18.0 Å². The Morgan fingerprint density at radius 2 is 1.88 bits per heavy atom. The van der Waals surface area contributed by atoms with E-state index in [1.807, 2.05) is 39.0 Å². The molecule has 10 heteroatoms. The number of amides is 1. The molecule has 0 bridgehead atoms. The summed E-state index contributed by atoms with van der Waals surface area (Å²) in [6, 6.07) is 16.8. The molecule has 1 N–H and O–H groups in total. The first kappa shape index (κ1) is 32.4. The second-order valence-corrected chi connectivity index (χ2v) is 14.5. The molecule has 3 aliphatic rings. The molecular formula is C38H46N6O4. The second-order valence-electron chi connectivity index (χ2n) is 14.5. The quantitative estimate of drug-likeness (QED) is 0.235. The first-order valence-electron chi connectivity index (χ1n) is 17.6. The van der Waals surface area contributed by atoms with E-state index in [-0.39, 0.29) is 12.3 Å². The Hall–Kier alpha value is -4.20. The molecule has 3 saturated heterocycles. The lowest BCUT2D eigenvalue weighted by molar-refractivity contribution is -0.0365.